The van der Waals surface area contributed by atoms with E-state index in [0.29, 0.717) is 23.9 Å². The van der Waals surface area contributed by atoms with E-state index in [1.807, 2.05) is 44.2 Å². The molecule has 1 aromatic carbocycles. The lowest BCUT2D eigenvalue weighted by molar-refractivity contribution is 0.777. The lowest BCUT2D eigenvalue weighted by Gasteiger charge is -2.09. The Hall–Kier alpha value is -2.60. The number of rotatable bonds is 5. The highest BCUT2D eigenvalue weighted by atomic mass is 35.5. The van der Waals surface area contributed by atoms with E-state index < -0.39 is 0 Å². The first kappa shape index (κ1) is 16.3. The third-order valence-corrected chi connectivity index (χ3v) is 3.82. The van der Waals surface area contributed by atoms with Gasteiger partial charge >= 0.3 is 0 Å². The summed E-state index contributed by atoms with van der Waals surface area (Å²) in [4.78, 5) is 19.0. The van der Waals surface area contributed by atoms with Gasteiger partial charge in [0.05, 0.1) is 5.69 Å². The van der Waals surface area contributed by atoms with Gasteiger partial charge in [-0.05, 0) is 31.0 Å². The number of nitrogens with zero attached hydrogens (tertiary/aromatic N) is 3. The molecule has 6 nitrogen and oxygen atoms in total. The molecule has 0 unspecified atom stereocenters. The molecule has 7 heteroatoms. The minimum absolute atomic E-state index is 0.186. The molecule has 0 radical (unpaired) electrons. The number of aromatic amines is 1. The van der Waals surface area contributed by atoms with Gasteiger partial charge in [-0.15, -0.1) is 0 Å². The summed E-state index contributed by atoms with van der Waals surface area (Å²) in [7, 11) is 0. The number of nitrogens with one attached hydrogen (secondary N) is 2. The van der Waals surface area contributed by atoms with Crippen molar-refractivity contribution in [3.63, 3.8) is 0 Å². The predicted octanol–water partition coefficient (Wildman–Crippen LogP) is 3.09. The van der Waals surface area contributed by atoms with E-state index in [4.69, 9.17) is 11.6 Å². The van der Waals surface area contributed by atoms with Gasteiger partial charge in [0.15, 0.2) is 0 Å². The number of anilines is 1. The first-order chi connectivity index (χ1) is 11.5. The standard InChI is InChI=1S/C17H18ClN5O/c1-3-14-9-16(24)21-17(20-14)23-15(8-11(2)22-23)19-10-12-4-6-13(18)7-5-12/h4-9,19H,3,10H2,1-2H3,(H,20,21,24). The molecule has 2 aromatic heterocycles. The van der Waals surface area contributed by atoms with Crippen molar-refractivity contribution in [2.24, 2.45) is 0 Å². The summed E-state index contributed by atoms with van der Waals surface area (Å²) in [6, 6.07) is 11.0. The zero-order valence-electron chi connectivity index (χ0n) is 13.5. The van der Waals surface area contributed by atoms with Crippen molar-refractivity contribution in [3.05, 3.63) is 68.7 Å². The largest absolute Gasteiger partial charge is 0.366 e. The van der Waals surface area contributed by atoms with Gasteiger partial charge in [0, 0.05) is 29.4 Å². The van der Waals surface area contributed by atoms with Crippen LogP contribution in [0.4, 0.5) is 5.82 Å². The van der Waals surface area contributed by atoms with E-state index in [0.717, 1.165) is 22.8 Å². The molecular weight excluding hydrogens is 326 g/mol. The van der Waals surface area contributed by atoms with Crippen LogP contribution < -0.4 is 10.9 Å². The average molecular weight is 344 g/mol. The van der Waals surface area contributed by atoms with Crippen molar-refractivity contribution in [1.29, 1.82) is 0 Å². The van der Waals surface area contributed by atoms with Gasteiger partial charge in [-0.25, -0.2) is 4.98 Å². The van der Waals surface area contributed by atoms with E-state index in [1.54, 1.807) is 4.68 Å². The average Bonchev–Trinajstić information content (AvgIpc) is 2.94. The molecule has 0 aliphatic rings. The van der Waals surface area contributed by atoms with Gasteiger partial charge in [-0.3, -0.25) is 9.78 Å². The fraction of sp³-hybridized carbons (Fsp3) is 0.235. The highest BCUT2D eigenvalue weighted by Crippen LogP contribution is 2.16. The van der Waals surface area contributed by atoms with Gasteiger partial charge in [0.2, 0.25) is 5.95 Å². The molecule has 3 rings (SSSR count). The topological polar surface area (TPSA) is 75.6 Å². The van der Waals surface area contributed by atoms with Crippen molar-refractivity contribution in [2.45, 2.75) is 26.8 Å². The molecule has 0 bridgehead atoms. The van der Waals surface area contributed by atoms with Crippen LogP contribution in [0.25, 0.3) is 5.95 Å². The molecule has 2 N–H and O–H groups in total. The monoisotopic (exact) mass is 343 g/mol. The smallest absolute Gasteiger partial charge is 0.252 e. The van der Waals surface area contributed by atoms with Gasteiger partial charge < -0.3 is 5.32 Å². The van der Waals surface area contributed by atoms with Gasteiger partial charge in [0.1, 0.15) is 5.82 Å². The third-order valence-electron chi connectivity index (χ3n) is 3.56. The van der Waals surface area contributed by atoms with Crippen molar-refractivity contribution in [1.82, 2.24) is 19.7 Å². The Bertz CT molecular complexity index is 898. The molecule has 0 aliphatic heterocycles. The molecule has 124 valence electrons. The van der Waals surface area contributed by atoms with E-state index in [2.05, 4.69) is 20.4 Å². The number of hydrogen-bond donors (Lipinski definition) is 2. The summed E-state index contributed by atoms with van der Waals surface area (Å²) < 4.78 is 1.62. The predicted molar refractivity (Wildman–Crippen MR) is 94.9 cm³/mol. The Kier molecular flexibility index (Phi) is 4.66. The second-order valence-electron chi connectivity index (χ2n) is 5.48. The fourth-order valence-corrected chi connectivity index (χ4v) is 2.48. The Balaban J connectivity index is 1.89. The van der Waals surface area contributed by atoms with Crippen molar-refractivity contribution in [2.75, 3.05) is 5.32 Å². The second-order valence-corrected chi connectivity index (χ2v) is 5.91. The maximum atomic E-state index is 11.8. The molecule has 3 aromatic rings. The lowest BCUT2D eigenvalue weighted by atomic mass is 10.2. The Morgan fingerprint density at radius 1 is 1.25 bits per heavy atom. The quantitative estimate of drug-likeness (QED) is 0.746. The summed E-state index contributed by atoms with van der Waals surface area (Å²) in [6.07, 6.45) is 0.685. The Labute approximate surface area is 144 Å². The molecule has 24 heavy (non-hydrogen) atoms. The van der Waals surface area contributed by atoms with Crippen LogP contribution >= 0.6 is 11.6 Å². The maximum Gasteiger partial charge on any atom is 0.252 e. The second kappa shape index (κ2) is 6.88. The summed E-state index contributed by atoms with van der Waals surface area (Å²) in [6.45, 7) is 4.46. The van der Waals surface area contributed by atoms with E-state index in [1.165, 1.54) is 6.07 Å². The number of halogens is 1. The molecule has 0 saturated carbocycles. The van der Waals surface area contributed by atoms with E-state index in [9.17, 15) is 4.79 Å². The van der Waals surface area contributed by atoms with Crippen LogP contribution in [0.3, 0.4) is 0 Å². The zero-order chi connectivity index (χ0) is 17.1. The number of aryl methyl sites for hydroxylation is 2. The van der Waals surface area contributed by atoms with Crippen molar-refractivity contribution in [3.8, 4) is 5.95 Å². The first-order valence-electron chi connectivity index (χ1n) is 7.70. The van der Waals surface area contributed by atoms with Gasteiger partial charge in [-0.1, -0.05) is 30.7 Å². The third kappa shape index (κ3) is 3.65. The van der Waals surface area contributed by atoms with Crippen LogP contribution in [0.2, 0.25) is 5.02 Å². The summed E-state index contributed by atoms with van der Waals surface area (Å²) >= 11 is 5.90. The highest BCUT2D eigenvalue weighted by molar-refractivity contribution is 6.30. The van der Waals surface area contributed by atoms with Crippen LogP contribution in [-0.2, 0) is 13.0 Å². The summed E-state index contributed by atoms with van der Waals surface area (Å²) in [5.41, 5.74) is 2.46. The summed E-state index contributed by atoms with van der Waals surface area (Å²) in [5, 5.41) is 8.45. The van der Waals surface area contributed by atoms with E-state index >= 15 is 0 Å². The SMILES string of the molecule is CCc1cc(=O)[nH]c(-n2nc(C)cc2NCc2ccc(Cl)cc2)n1. The number of hydrogen-bond acceptors (Lipinski definition) is 4. The van der Waals surface area contributed by atoms with Crippen molar-refractivity contribution < 1.29 is 0 Å². The Morgan fingerprint density at radius 2 is 2.00 bits per heavy atom. The molecule has 0 aliphatic carbocycles. The van der Waals surface area contributed by atoms with Crippen LogP contribution in [0.15, 0.2) is 41.2 Å². The normalized spacial score (nSPS) is 10.8. The van der Waals surface area contributed by atoms with E-state index in [-0.39, 0.29) is 5.56 Å². The van der Waals surface area contributed by atoms with Crippen LogP contribution in [0.5, 0.6) is 0 Å². The molecular formula is C17H18ClN5O. The Morgan fingerprint density at radius 3 is 2.71 bits per heavy atom. The summed E-state index contributed by atoms with van der Waals surface area (Å²) in [5.74, 6) is 1.17. The molecule has 2 heterocycles. The highest BCUT2D eigenvalue weighted by Gasteiger charge is 2.10. The minimum Gasteiger partial charge on any atom is -0.366 e. The number of aromatic nitrogens is 4. The lowest BCUT2D eigenvalue weighted by Crippen LogP contribution is -2.16. The fourth-order valence-electron chi connectivity index (χ4n) is 2.36. The maximum absolute atomic E-state index is 11.8. The van der Waals surface area contributed by atoms with Crippen molar-refractivity contribution >= 4 is 17.4 Å². The number of benzene rings is 1. The number of H-pyrrole nitrogens is 1. The van der Waals surface area contributed by atoms with Gasteiger partial charge in [0.25, 0.3) is 5.56 Å². The molecule has 0 saturated heterocycles. The molecule has 0 amide bonds. The minimum atomic E-state index is -0.186. The molecule has 0 fully saturated rings. The van der Waals surface area contributed by atoms with Crippen LogP contribution in [0.1, 0.15) is 23.9 Å². The van der Waals surface area contributed by atoms with Crippen LogP contribution in [-0.4, -0.2) is 19.7 Å². The van der Waals surface area contributed by atoms with Gasteiger partial charge in [-0.2, -0.15) is 9.78 Å². The molecule has 0 atom stereocenters. The first-order valence-corrected chi connectivity index (χ1v) is 8.08. The zero-order valence-corrected chi connectivity index (χ0v) is 14.3. The van der Waals surface area contributed by atoms with Crippen LogP contribution in [0, 0.1) is 6.92 Å². The molecule has 0 spiro atoms.